The van der Waals surface area contributed by atoms with Crippen molar-refractivity contribution in [3.05, 3.63) is 36.0 Å². The molecule has 0 aliphatic carbocycles. The number of aromatic amines is 1. The largest absolute Gasteiger partial charge is 0.361 e. The number of nitrogens with one attached hydrogen (secondary N) is 3. The van der Waals surface area contributed by atoms with Crippen LogP contribution in [-0.2, 0) is 11.2 Å². The topological polar surface area (TPSA) is 56.9 Å². The normalized spacial score (nSPS) is 16.9. The van der Waals surface area contributed by atoms with Crippen LogP contribution in [0.15, 0.2) is 30.5 Å². The second-order valence-corrected chi connectivity index (χ2v) is 5.61. The first-order valence-electron chi connectivity index (χ1n) is 7.29. The van der Waals surface area contributed by atoms with E-state index in [0.29, 0.717) is 12.5 Å². The van der Waals surface area contributed by atoms with Gasteiger partial charge < -0.3 is 15.6 Å². The van der Waals surface area contributed by atoms with Gasteiger partial charge in [0.15, 0.2) is 0 Å². The molecule has 0 spiro atoms. The van der Waals surface area contributed by atoms with Gasteiger partial charge in [-0.2, -0.15) is 0 Å². The highest BCUT2D eigenvalue weighted by molar-refractivity contribution is 5.83. The molecule has 1 atom stereocenters. The number of fused-ring (bicyclic) bond motifs is 1. The van der Waals surface area contributed by atoms with Gasteiger partial charge in [0.05, 0.1) is 0 Å². The number of amides is 1. The number of aromatic nitrogens is 1. The summed E-state index contributed by atoms with van der Waals surface area (Å²) in [4.78, 5) is 15.3. The molecule has 0 radical (unpaired) electrons. The Morgan fingerprint density at radius 3 is 2.95 bits per heavy atom. The van der Waals surface area contributed by atoms with Gasteiger partial charge in [0.25, 0.3) is 0 Å². The van der Waals surface area contributed by atoms with E-state index >= 15 is 0 Å². The molecule has 1 amide bonds. The fourth-order valence-electron chi connectivity index (χ4n) is 2.70. The highest BCUT2D eigenvalue weighted by atomic mass is 16.1. The van der Waals surface area contributed by atoms with Gasteiger partial charge in [-0.15, -0.1) is 0 Å². The highest BCUT2D eigenvalue weighted by Gasteiger charge is 2.28. The Bertz CT molecular complexity index is 601. The number of para-hydroxylation sites is 1. The van der Waals surface area contributed by atoms with E-state index < -0.39 is 0 Å². The average molecular weight is 271 g/mol. The smallest absolute Gasteiger partial charge is 0.223 e. The van der Waals surface area contributed by atoms with Crippen LogP contribution in [0, 0.1) is 11.8 Å². The Labute approximate surface area is 118 Å². The molecule has 1 saturated heterocycles. The van der Waals surface area contributed by atoms with Crippen LogP contribution in [0.5, 0.6) is 0 Å². The third-order valence-electron chi connectivity index (χ3n) is 4.30. The Kier molecular flexibility index (Phi) is 3.74. The lowest BCUT2D eigenvalue weighted by Crippen LogP contribution is -2.49. The summed E-state index contributed by atoms with van der Waals surface area (Å²) in [5.41, 5.74) is 2.42. The van der Waals surface area contributed by atoms with Crippen LogP contribution < -0.4 is 10.6 Å². The molecule has 2 heterocycles. The second-order valence-electron chi connectivity index (χ2n) is 5.61. The van der Waals surface area contributed by atoms with Crippen LogP contribution in [0.3, 0.4) is 0 Å². The molecule has 1 unspecified atom stereocenters. The van der Waals surface area contributed by atoms with Gasteiger partial charge in [0, 0.05) is 29.6 Å². The average Bonchev–Trinajstić information content (AvgIpc) is 2.80. The Morgan fingerprint density at radius 1 is 1.40 bits per heavy atom. The Balaban J connectivity index is 1.53. The first kappa shape index (κ1) is 13.2. The van der Waals surface area contributed by atoms with Crippen LogP contribution in [-0.4, -0.2) is 30.5 Å². The fourth-order valence-corrected chi connectivity index (χ4v) is 2.70. The van der Waals surface area contributed by atoms with Crippen molar-refractivity contribution in [3.63, 3.8) is 0 Å². The fraction of sp³-hybridized carbons (Fsp3) is 0.438. The van der Waals surface area contributed by atoms with Crippen molar-refractivity contribution in [1.29, 1.82) is 0 Å². The van der Waals surface area contributed by atoms with E-state index in [-0.39, 0.29) is 11.8 Å². The van der Waals surface area contributed by atoms with Crippen molar-refractivity contribution in [2.45, 2.75) is 13.3 Å². The number of hydrogen-bond donors (Lipinski definition) is 3. The highest BCUT2D eigenvalue weighted by Crippen LogP contribution is 2.18. The lowest BCUT2D eigenvalue weighted by Gasteiger charge is -2.31. The molecule has 0 saturated carbocycles. The number of rotatable bonds is 5. The zero-order chi connectivity index (χ0) is 13.9. The van der Waals surface area contributed by atoms with Crippen LogP contribution >= 0.6 is 0 Å². The number of carbonyl (C=O) groups excluding carboxylic acids is 1. The van der Waals surface area contributed by atoms with Crippen LogP contribution in [0.25, 0.3) is 10.9 Å². The molecule has 1 aromatic carbocycles. The third-order valence-corrected chi connectivity index (χ3v) is 4.30. The molecular weight excluding hydrogens is 250 g/mol. The molecule has 3 rings (SSSR count). The number of hydrogen-bond acceptors (Lipinski definition) is 2. The van der Waals surface area contributed by atoms with Gasteiger partial charge in [-0.1, -0.05) is 25.1 Å². The summed E-state index contributed by atoms with van der Waals surface area (Å²) in [6.45, 7) is 4.66. The minimum Gasteiger partial charge on any atom is -0.361 e. The maximum atomic E-state index is 12.0. The Hall–Kier alpha value is -1.81. The van der Waals surface area contributed by atoms with Gasteiger partial charge in [-0.05, 0) is 37.1 Å². The molecule has 1 aliphatic heterocycles. The molecule has 3 N–H and O–H groups in total. The van der Waals surface area contributed by atoms with Gasteiger partial charge in [0.2, 0.25) is 5.91 Å². The first-order chi connectivity index (χ1) is 9.75. The van der Waals surface area contributed by atoms with Crippen molar-refractivity contribution in [2.75, 3.05) is 19.6 Å². The summed E-state index contributed by atoms with van der Waals surface area (Å²) in [5, 5.41) is 7.51. The number of benzene rings is 1. The predicted octanol–water partition coefficient (Wildman–Crippen LogP) is 1.68. The van der Waals surface area contributed by atoms with Crippen molar-refractivity contribution >= 4 is 16.8 Å². The molecule has 1 fully saturated rings. The first-order valence-corrected chi connectivity index (χ1v) is 7.29. The van der Waals surface area contributed by atoms with E-state index in [1.165, 1.54) is 10.9 Å². The standard InChI is InChI=1S/C16H21N3O/c1-11(13-8-17-9-13)16(20)18-7-6-12-10-19-15-5-3-2-4-14(12)15/h2-5,10-11,13,17,19H,6-9H2,1H3,(H,18,20). The monoisotopic (exact) mass is 271 g/mol. The lowest BCUT2D eigenvalue weighted by atomic mass is 9.88. The van der Waals surface area contributed by atoms with Crippen molar-refractivity contribution in [1.82, 2.24) is 15.6 Å². The van der Waals surface area contributed by atoms with E-state index in [1.807, 2.05) is 25.3 Å². The van der Waals surface area contributed by atoms with Crippen molar-refractivity contribution < 1.29 is 4.79 Å². The van der Waals surface area contributed by atoms with E-state index in [9.17, 15) is 4.79 Å². The lowest BCUT2D eigenvalue weighted by molar-refractivity contribution is -0.126. The molecular formula is C16H21N3O. The molecule has 20 heavy (non-hydrogen) atoms. The van der Waals surface area contributed by atoms with Crippen LogP contribution in [0.4, 0.5) is 0 Å². The van der Waals surface area contributed by atoms with Crippen molar-refractivity contribution in [3.8, 4) is 0 Å². The van der Waals surface area contributed by atoms with Gasteiger partial charge in [-0.3, -0.25) is 4.79 Å². The molecule has 106 valence electrons. The summed E-state index contributed by atoms with van der Waals surface area (Å²) in [6, 6.07) is 8.26. The summed E-state index contributed by atoms with van der Waals surface area (Å²) in [6.07, 6.45) is 2.90. The van der Waals surface area contributed by atoms with E-state index in [2.05, 4.69) is 27.8 Å². The predicted molar refractivity (Wildman–Crippen MR) is 80.5 cm³/mol. The van der Waals surface area contributed by atoms with Crippen molar-refractivity contribution in [2.24, 2.45) is 11.8 Å². The molecule has 2 aromatic rings. The third kappa shape index (κ3) is 2.56. The quantitative estimate of drug-likeness (QED) is 0.775. The SMILES string of the molecule is CC(C(=O)NCCc1c[nH]c2ccccc12)C1CNC1. The molecule has 1 aromatic heterocycles. The number of carbonyl (C=O) groups is 1. The maximum absolute atomic E-state index is 12.0. The van der Waals surface area contributed by atoms with E-state index in [1.54, 1.807) is 0 Å². The summed E-state index contributed by atoms with van der Waals surface area (Å²) in [7, 11) is 0. The summed E-state index contributed by atoms with van der Waals surface area (Å²) >= 11 is 0. The minimum atomic E-state index is 0.110. The molecule has 1 aliphatic rings. The maximum Gasteiger partial charge on any atom is 0.223 e. The van der Waals surface area contributed by atoms with Gasteiger partial charge in [0.1, 0.15) is 0 Å². The number of H-pyrrole nitrogens is 1. The van der Waals surface area contributed by atoms with Gasteiger partial charge in [-0.25, -0.2) is 0 Å². The zero-order valence-corrected chi connectivity index (χ0v) is 11.8. The molecule has 4 nitrogen and oxygen atoms in total. The van der Waals surface area contributed by atoms with E-state index in [0.717, 1.165) is 25.0 Å². The van der Waals surface area contributed by atoms with E-state index in [4.69, 9.17) is 0 Å². The zero-order valence-electron chi connectivity index (χ0n) is 11.8. The van der Waals surface area contributed by atoms with Gasteiger partial charge >= 0.3 is 0 Å². The summed E-state index contributed by atoms with van der Waals surface area (Å²) < 4.78 is 0. The second kappa shape index (κ2) is 5.67. The molecule has 4 heteroatoms. The summed E-state index contributed by atoms with van der Waals surface area (Å²) in [5.74, 6) is 0.790. The van der Waals surface area contributed by atoms with Crippen LogP contribution in [0.1, 0.15) is 12.5 Å². The van der Waals surface area contributed by atoms with Crippen LogP contribution in [0.2, 0.25) is 0 Å². The Morgan fingerprint density at radius 2 is 2.20 bits per heavy atom. The molecule has 0 bridgehead atoms. The minimum absolute atomic E-state index is 0.110.